The predicted octanol–water partition coefficient (Wildman–Crippen LogP) is 2.51. The molecule has 0 aliphatic carbocycles. The van der Waals surface area contributed by atoms with Gasteiger partial charge in [-0.15, -0.1) is 0 Å². The minimum Gasteiger partial charge on any atom is -0.340 e. The average molecular weight is 421 g/mol. The van der Waals surface area contributed by atoms with Gasteiger partial charge in [0.25, 0.3) is 5.91 Å². The third kappa shape index (κ3) is 3.65. The topological polar surface area (TPSA) is 80.3 Å². The second kappa shape index (κ2) is 7.92. The van der Waals surface area contributed by atoms with Crippen molar-refractivity contribution in [2.75, 3.05) is 26.2 Å². The summed E-state index contributed by atoms with van der Waals surface area (Å²) >= 11 is 0. The van der Waals surface area contributed by atoms with E-state index in [-0.39, 0.29) is 11.3 Å². The van der Waals surface area contributed by atoms with Crippen molar-refractivity contribution < 1.29 is 9.32 Å². The van der Waals surface area contributed by atoms with Crippen molar-refractivity contribution in [1.29, 1.82) is 0 Å². The molecular weight excluding hydrogens is 392 g/mol. The zero-order valence-corrected chi connectivity index (χ0v) is 18.1. The molecule has 0 bridgehead atoms. The summed E-state index contributed by atoms with van der Waals surface area (Å²) in [6.07, 6.45) is 4.42. The van der Waals surface area contributed by atoms with Gasteiger partial charge in [0.15, 0.2) is 5.82 Å². The van der Waals surface area contributed by atoms with Crippen LogP contribution >= 0.6 is 0 Å². The lowest BCUT2D eigenvalue weighted by atomic mass is 9.72. The van der Waals surface area contributed by atoms with Gasteiger partial charge in [0, 0.05) is 52.4 Å². The summed E-state index contributed by atoms with van der Waals surface area (Å²) < 4.78 is 7.16. The molecule has 0 radical (unpaired) electrons. The van der Waals surface area contributed by atoms with Crippen molar-refractivity contribution in [2.45, 2.75) is 38.8 Å². The molecule has 2 aliphatic heterocycles. The highest BCUT2D eigenvalue weighted by molar-refractivity contribution is 5.93. The molecule has 162 valence electrons. The van der Waals surface area contributed by atoms with Crippen molar-refractivity contribution in [1.82, 2.24) is 29.7 Å². The molecule has 2 aromatic heterocycles. The Labute approximate surface area is 181 Å². The van der Waals surface area contributed by atoms with Gasteiger partial charge < -0.3 is 9.42 Å². The number of likely N-dealkylation sites (tertiary alicyclic amines) is 2. The van der Waals surface area contributed by atoms with Gasteiger partial charge in [-0.25, -0.2) is 0 Å². The SMILES string of the molecule is CCn1cc(C(=O)N2CCC3CN(Cc4ccccc4)CC3(c3noc(C)n3)C2)cn1. The van der Waals surface area contributed by atoms with E-state index in [0.29, 0.717) is 23.9 Å². The summed E-state index contributed by atoms with van der Waals surface area (Å²) in [5.41, 5.74) is 1.61. The second-order valence-corrected chi connectivity index (χ2v) is 8.75. The van der Waals surface area contributed by atoms with Crippen LogP contribution in [0, 0.1) is 12.8 Å². The Hall–Kier alpha value is -3.00. The lowest BCUT2D eigenvalue weighted by Crippen LogP contribution is -2.54. The first kappa shape index (κ1) is 19.9. The molecule has 3 aromatic rings. The minimum absolute atomic E-state index is 0.0271. The van der Waals surface area contributed by atoms with E-state index in [1.165, 1.54) is 5.56 Å². The quantitative estimate of drug-likeness (QED) is 0.631. The maximum atomic E-state index is 13.3. The molecule has 0 saturated carbocycles. The van der Waals surface area contributed by atoms with Crippen molar-refractivity contribution >= 4 is 5.91 Å². The smallest absolute Gasteiger partial charge is 0.257 e. The number of aryl methyl sites for hydroxylation is 2. The molecule has 8 heteroatoms. The van der Waals surface area contributed by atoms with Gasteiger partial charge in [0.2, 0.25) is 5.89 Å². The van der Waals surface area contributed by atoms with Crippen LogP contribution in [-0.2, 0) is 18.5 Å². The average Bonchev–Trinajstić information content (AvgIpc) is 3.51. The van der Waals surface area contributed by atoms with Crippen LogP contribution in [0.3, 0.4) is 0 Å². The van der Waals surface area contributed by atoms with Crippen LogP contribution in [0.25, 0.3) is 0 Å². The lowest BCUT2D eigenvalue weighted by molar-refractivity contribution is 0.0574. The molecule has 8 nitrogen and oxygen atoms in total. The Kier molecular flexibility index (Phi) is 5.09. The van der Waals surface area contributed by atoms with Crippen molar-refractivity contribution in [3.8, 4) is 0 Å². The number of aromatic nitrogens is 4. The van der Waals surface area contributed by atoms with Gasteiger partial charge in [0.1, 0.15) is 0 Å². The highest BCUT2D eigenvalue weighted by atomic mass is 16.5. The number of piperidine rings is 1. The van der Waals surface area contributed by atoms with Gasteiger partial charge in [-0.1, -0.05) is 35.5 Å². The predicted molar refractivity (Wildman–Crippen MR) is 114 cm³/mol. The summed E-state index contributed by atoms with van der Waals surface area (Å²) in [5, 5.41) is 8.61. The number of carbonyl (C=O) groups excluding carboxylic acids is 1. The highest BCUT2D eigenvalue weighted by Gasteiger charge is 2.54. The summed E-state index contributed by atoms with van der Waals surface area (Å²) in [6.45, 7) is 8.57. The van der Waals surface area contributed by atoms with E-state index in [4.69, 9.17) is 4.52 Å². The first-order valence-electron chi connectivity index (χ1n) is 11.0. The maximum absolute atomic E-state index is 13.3. The van der Waals surface area contributed by atoms with Crippen LogP contribution in [0.4, 0.5) is 0 Å². The van der Waals surface area contributed by atoms with Crippen LogP contribution < -0.4 is 0 Å². The molecule has 2 aliphatic rings. The Morgan fingerprint density at radius 2 is 2.10 bits per heavy atom. The Balaban J connectivity index is 1.42. The zero-order valence-electron chi connectivity index (χ0n) is 18.1. The molecule has 2 fully saturated rings. The van der Waals surface area contributed by atoms with Crippen LogP contribution in [0.2, 0.25) is 0 Å². The van der Waals surface area contributed by atoms with Crippen LogP contribution in [0.1, 0.15) is 41.0 Å². The molecule has 31 heavy (non-hydrogen) atoms. The van der Waals surface area contributed by atoms with Gasteiger partial charge in [-0.3, -0.25) is 14.4 Å². The number of hydrogen-bond acceptors (Lipinski definition) is 6. The van der Waals surface area contributed by atoms with E-state index >= 15 is 0 Å². The number of benzene rings is 1. The number of nitrogens with zero attached hydrogens (tertiary/aromatic N) is 6. The van der Waals surface area contributed by atoms with Crippen LogP contribution in [-0.4, -0.2) is 61.8 Å². The fourth-order valence-corrected chi connectivity index (χ4v) is 5.15. The number of amides is 1. The number of fused-ring (bicyclic) bond motifs is 1. The van der Waals surface area contributed by atoms with E-state index in [2.05, 4.69) is 44.4 Å². The summed E-state index contributed by atoms with van der Waals surface area (Å²) in [7, 11) is 0. The van der Waals surface area contributed by atoms with Gasteiger partial charge in [0.05, 0.1) is 17.2 Å². The van der Waals surface area contributed by atoms with Gasteiger partial charge in [-0.2, -0.15) is 10.1 Å². The lowest BCUT2D eigenvalue weighted by Gasteiger charge is -2.42. The summed E-state index contributed by atoms with van der Waals surface area (Å²) in [4.78, 5) is 22.3. The minimum atomic E-state index is -0.318. The third-order valence-electron chi connectivity index (χ3n) is 6.70. The number of hydrogen-bond donors (Lipinski definition) is 0. The molecule has 5 rings (SSSR count). The zero-order chi connectivity index (χ0) is 21.4. The monoisotopic (exact) mass is 420 g/mol. The van der Waals surface area contributed by atoms with E-state index in [0.717, 1.165) is 45.0 Å². The molecule has 2 saturated heterocycles. The molecule has 2 atom stereocenters. The fraction of sp³-hybridized carbons (Fsp3) is 0.478. The van der Waals surface area contributed by atoms with E-state index in [1.54, 1.807) is 10.9 Å². The summed E-state index contributed by atoms with van der Waals surface area (Å²) in [5.74, 6) is 1.71. The van der Waals surface area contributed by atoms with Gasteiger partial charge in [-0.05, 0) is 24.8 Å². The molecule has 0 spiro atoms. The van der Waals surface area contributed by atoms with Gasteiger partial charge >= 0.3 is 0 Å². The number of carbonyl (C=O) groups is 1. The van der Waals surface area contributed by atoms with Crippen molar-refractivity contribution in [2.24, 2.45) is 5.92 Å². The molecule has 1 amide bonds. The van der Waals surface area contributed by atoms with Crippen molar-refractivity contribution in [3.05, 3.63) is 65.6 Å². The maximum Gasteiger partial charge on any atom is 0.257 e. The van der Waals surface area contributed by atoms with Crippen LogP contribution in [0.15, 0.2) is 47.2 Å². The highest BCUT2D eigenvalue weighted by Crippen LogP contribution is 2.44. The molecular formula is C23H28N6O2. The second-order valence-electron chi connectivity index (χ2n) is 8.75. The van der Waals surface area contributed by atoms with Crippen LogP contribution in [0.5, 0.6) is 0 Å². The molecule has 1 aromatic carbocycles. The summed E-state index contributed by atoms with van der Waals surface area (Å²) in [6, 6.07) is 10.5. The Morgan fingerprint density at radius 1 is 1.26 bits per heavy atom. The van der Waals surface area contributed by atoms with E-state index in [1.807, 2.05) is 31.0 Å². The normalized spacial score (nSPS) is 23.8. The Bertz CT molecular complexity index is 1060. The largest absolute Gasteiger partial charge is 0.340 e. The van der Waals surface area contributed by atoms with E-state index in [9.17, 15) is 4.79 Å². The van der Waals surface area contributed by atoms with E-state index < -0.39 is 0 Å². The molecule has 2 unspecified atom stereocenters. The van der Waals surface area contributed by atoms with Crippen molar-refractivity contribution in [3.63, 3.8) is 0 Å². The first-order valence-corrected chi connectivity index (χ1v) is 11.0. The fourth-order valence-electron chi connectivity index (χ4n) is 5.15. The number of rotatable bonds is 5. The Morgan fingerprint density at radius 3 is 2.81 bits per heavy atom. The molecule has 4 heterocycles. The third-order valence-corrected chi connectivity index (χ3v) is 6.70. The first-order chi connectivity index (χ1) is 15.1. The molecule has 0 N–H and O–H groups in total. The standard InChI is InChI=1S/C23H28N6O2/c1-3-29-13-19(11-24-29)21(30)28-10-9-20-14-27(12-18-7-5-4-6-8-18)15-23(20,16-28)22-25-17(2)31-26-22/h4-8,11,13,20H,3,9-10,12,14-16H2,1-2H3.